The highest BCUT2D eigenvalue weighted by molar-refractivity contribution is 5.85. The molecule has 0 heteroatoms. The third kappa shape index (κ3) is 2.09. The first kappa shape index (κ1) is 12.2. The van der Waals surface area contributed by atoms with Gasteiger partial charge in [0.25, 0.3) is 0 Å². The molecule has 0 atom stereocenters. The van der Waals surface area contributed by atoms with Gasteiger partial charge in [-0.3, -0.25) is 0 Å². The summed E-state index contributed by atoms with van der Waals surface area (Å²) < 4.78 is 0. The lowest BCUT2D eigenvalue weighted by atomic mass is 9.90. The van der Waals surface area contributed by atoms with Gasteiger partial charge in [-0.05, 0) is 39.8 Å². The fraction of sp³-hybridized carbons (Fsp3) is 0.0476. The van der Waals surface area contributed by atoms with Crippen molar-refractivity contribution in [1.82, 2.24) is 0 Å². The van der Waals surface area contributed by atoms with E-state index in [4.69, 9.17) is 0 Å². The van der Waals surface area contributed by atoms with E-state index in [0.29, 0.717) is 0 Å². The Morgan fingerprint density at radius 1 is 0.571 bits per heavy atom. The van der Waals surface area contributed by atoms with Gasteiger partial charge in [-0.2, -0.15) is 0 Å². The lowest BCUT2D eigenvalue weighted by Gasteiger charge is -2.13. The standard InChI is InChI=1S/C21H16/c1-3-8-16(9-4-1)18-14-15-19(17-10-5-2-6-11-17)21-13-7-12-20(18)21/h1-12,14-15H,13H2. The van der Waals surface area contributed by atoms with Gasteiger partial charge in [0.2, 0.25) is 0 Å². The molecule has 3 aromatic rings. The maximum absolute atomic E-state index is 2.27. The highest BCUT2D eigenvalue weighted by atomic mass is 14.2. The molecule has 4 rings (SSSR count). The van der Waals surface area contributed by atoms with E-state index in [1.807, 2.05) is 0 Å². The summed E-state index contributed by atoms with van der Waals surface area (Å²) in [7, 11) is 0. The largest absolute Gasteiger partial charge is 0.0795 e. The van der Waals surface area contributed by atoms with E-state index in [1.165, 1.54) is 33.4 Å². The molecule has 0 heterocycles. The van der Waals surface area contributed by atoms with Crippen molar-refractivity contribution in [3.8, 4) is 22.3 Å². The predicted octanol–water partition coefficient (Wildman–Crippen LogP) is 5.59. The van der Waals surface area contributed by atoms with Gasteiger partial charge >= 0.3 is 0 Å². The van der Waals surface area contributed by atoms with Crippen LogP contribution in [0.25, 0.3) is 28.3 Å². The molecule has 0 bridgehead atoms. The summed E-state index contributed by atoms with van der Waals surface area (Å²) in [6.07, 6.45) is 5.56. The van der Waals surface area contributed by atoms with Gasteiger partial charge in [-0.25, -0.2) is 0 Å². The summed E-state index contributed by atoms with van der Waals surface area (Å²) >= 11 is 0. The van der Waals surface area contributed by atoms with E-state index in [9.17, 15) is 0 Å². The van der Waals surface area contributed by atoms with Crippen LogP contribution < -0.4 is 0 Å². The molecule has 1 aliphatic carbocycles. The number of hydrogen-bond acceptors (Lipinski definition) is 0. The Morgan fingerprint density at radius 3 is 1.81 bits per heavy atom. The lowest BCUT2D eigenvalue weighted by Crippen LogP contribution is -1.92. The van der Waals surface area contributed by atoms with Crippen molar-refractivity contribution in [3.63, 3.8) is 0 Å². The second-order valence-electron chi connectivity index (χ2n) is 5.39. The SMILES string of the molecule is C1=Cc2c(-c3ccccc3)ccc(-c3ccccc3)c2C1. The van der Waals surface area contributed by atoms with Crippen LogP contribution in [0.3, 0.4) is 0 Å². The molecule has 100 valence electrons. The second kappa shape index (κ2) is 5.06. The minimum Gasteiger partial charge on any atom is -0.0795 e. The third-order valence-corrected chi connectivity index (χ3v) is 4.13. The molecular weight excluding hydrogens is 252 g/mol. The smallest absolute Gasteiger partial charge is 0.00818 e. The van der Waals surface area contributed by atoms with Crippen molar-refractivity contribution in [1.29, 1.82) is 0 Å². The summed E-state index contributed by atoms with van der Waals surface area (Å²) in [5.41, 5.74) is 8.11. The molecule has 0 radical (unpaired) electrons. The fourth-order valence-corrected chi connectivity index (χ4v) is 3.13. The van der Waals surface area contributed by atoms with Crippen molar-refractivity contribution in [3.05, 3.63) is 90.0 Å². The van der Waals surface area contributed by atoms with Crippen LogP contribution in [0, 0.1) is 0 Å². The van der Waals surface area contributed by atoms with Crippen molar-refractivity contribution in [2.75, 3.05) is 0 Å². The normalized spacial score (nSPS) is 12.4. The summed E-state index contributed by atoms with van der Waals surface area (Å²) in [4.78, 5) is 0. The molecule has 1 aliphatic rings. The van der Waals surface area contributed by atoms with E-state index in [2.05, 4.69) is 84.9 Å². The molecule has 0 spiro atoms. The zero-order chi connectivity index (χ0) is 14.1. The Bertz CT molecular complexity index is 796. The maximum Gasteiger partial charge on any atom is -0.00818 e. The number of rotatable bonds is 2. The summed E-state index contributed by atoms with van der Waals surface area (Å²) in [5, 5.41) is 0. The molecule has 0 nitrogen and oxygen atoms in total. The molecule has 21 heavy (non-hydrogen) atoms. The minimum atomic E-state index is 1.03. The molecule has 0 saturated heterocycles. The fourth-order valence-electron chi connectivity index (χ4n) is 3.13. The van der Waals surface area contributed by atoms with E-state index < -0.39 is 0 Å². The highest BCUT2D eigenvalue weighted by Crippen LogP contribution is 2.37. The van der Waals surface area contributed by atoms with Gasteiger partial charge in [0.05, 0.1) is 0 Å². The quantitative estimate of drug-likeness (QED) is 0.568. The van der Waals surface area contributed by atoms with E-state index in [-0.39, 0.29) is 0 Å². The molecule has 0 N–H and O–H groups in total. The topological polar surface area (TPSA) is 0 Å². The van der Waals surface area contributed by atoms with Crippen molar-refractivity contribution >= 4 is 6.08 Å². The van der Waals surface area contributed by atoms with Crippen LogP contribution in [0.2, 0.25) is 0 Å². The lowest BCUT2D eigenvalue weighted by molar-refractivity contribution is 1.31. The molecule has 0 saturated carbocycles. The highest BCUT2D eigenvalue weighted by Gasteiger charge is 2.16. The average molecular weight is 268 g/mol. The van der Waals surface area contributed by atoms with E-state index in [0.717, 1.165) is 6.42 Å². The van der Waals surface area contributed by atoms with Gasteiger partial charge in [0, 0.05) is 0 Å². The van der Waals surface area contributed by atoms with E-state index >= 15 is 0 Å². The first-order valence-electron chi connectivity index (χ1n) is 7.37. The van der Waals surface area contributed by atoms with E-state index in [1.54, 1.807) is 0 Å². The van der Waals surface area contributed by atoms with Crippen molar-refractivity contribution in [2.24, 2.45) is 0 Å². The van der Waals surface area contributed by atoms with Gasteiger partial charge in [0.15, 0.2) is 0 Å². The van der Waals surface area contributed by atoms with Crippen molar-refractivity contribution in [2.45, 2.75) is 6.42 Å². The predicted molar refractivity (Wildman–Crippen MR) is 90.1 cm³/mol. The molecule has 0 aromatic heterocycles. The molecule has 3 aromatic carbocycles. The Kier molecular flexibility index (Phi) is 2.93. The zero-order valence-electron chi connectivity index (χ0n) is 11.8. The molecule has 0 fully saturated rings. The first-order valence-corrected chi connectivity index (χ1v) is 7.37. The van der Waals surface area contributed by atoms with Crippen LogP contribution in [0.5, 0.6) is 0 Å². The van der Waals surface area contributed by atoms with Crippen LogP contribution in [-0.4, -0.2) is 0 Å². The van der Waals surface area contributed by atoms with Gasteiger partial charge in [0.1, 0.15) is 0 Å². The monoisotopic (exact) mass is 268 g/mol. The number of hydrogen-bond donors (Lipinski definition) is 0. The van der Waals surface area contributed by atoms with Crippen LogP contribution in [0.15, 0.2) is 78.9 Å². The Balaban J connectivity index is 1.91. The van der Waals surface area contributed by atoms with Gasteiger partial charge in [-0.1, -0.05) is 84.9 Å². The Hall–Kier alpha value is -2.60. The van der Waals surface area contributed by atoms with Crippen LogP contribution in [0.1, 0.15) is 11.1 Å². The first-order chi connectivity index (χ1) is 10.4. The van der Waals surface area contributed by atoms with Crippen LogP contribution in [-0.2, 0) is 6.42 Å². The average Bonchev–Trinajstić information content (AvgIpc) is 3.05. The van der Waals surface area contributed by atoms with Crippen molar-refractivity contribution < 1.29 is 0 Å². The number of benzene rings is 3. The van der Waals surface area contributed by atoms with Gasteiger partial charge in [-0.15, -0.1) is 0 Å². The number of fused-ring (bicyclic) bond motifs is 1. The summed E-state index contributed by atoms with van der Waals surface area (Å²) in [6.45, 7) is 0. The second-order valence-corrected chi connectivity index (χ2v) is 5.39. The van der Waals surface area contributed by atoms with Crippen LogP contribution in [0.4, 0.5) is 0 Å². The Morgan fingerprint density at radius 2 is 1.14 bits per heavy atom. The molecule has 0 aliphatic heterocycles. The Labute approximate surface area is 125 Å². The molecule has 0 amide bonds. The molecule has 0 unspecified atom stereocenters. The van der Waals surface area contributed by atoms with Crippen LogP contribution >= 0.6 is 0 Å². The summed E-state index contributed by atoms with van der Waals surface area (Å²) in [6, 6.07) is 25.8. The summed E-state index contributed by atoms with van der Waals surface area (Å²) in [5.74, 6) is 0. The maximum atomic E-state index is 2.27. The minimum absolute atomic E-state index is 1.03. The van der Waals surface area contributed by atoms with Gasteiger partial charge < -0.3 is 0 Å². The third-order valence-electron chi connectivity index (χ3n) is 4.13. The number of allylic oxidation sites excluding steroid dienone is 1. The zero-order valence-corrected chi connectivity index (χ0v) is 11.8. The molecular formula is C21H16.